The van der Waals surface area contributed by atoms with E-state index in [0.717, 1.165) is 46.9 Å². The van der Waals surface area contributed by atoms with Gasteiger partial charge in [0.1, 0.15) is 17.1 Å². The Morgan fingerprint density at radius 3 is 1.16 bits per heavy atom. The van der Waals surface area contributed by atoms with Crippen LogP contribution < -0.4 is 14.8 Å². The molecule has 0 aliphatic carbocycles. The zero-order valence-corrected chi connectivity index (χ0v) is 83.6. The maximum absolute atomic E-state index is 12.6. The van der Waals surface area contributed by atoms with Gasteiger partial charge >= 0.3 is 18.9 Å². The molecule has 10 aromatic carbocycles. The fourth-order valence-electron chi connectivity index (χ4n) is 11.0. The van der Waals surface area contributed by atoms with E-state index in [9.17, 15) is 26.7 Å². The van der Waals surface area contributed by atoms with Crippen molar-refractivity contribution in [2.45, 2.75) is 316 Å². The highest BCUT2D eigenvalue weighted by atomic mass is 19.4. The number of aryl methyl sites for hydroxylation is 2. The zero-order chi connectivity index (χ0) is 99.2. The average molecular weight is 1820 g/mol. The lowest BCUT2D eigenvalue weighted by atomic mass is 10.00. The van der Waals surface area contributed by atoms with E-state index in [-0.39, 0.29) is 63.7 Å². The highest BCUT2D eigenvalue weighted by Crippen LogP contribution is 2.34. The first-order valence-corrected chi connectivity index (χ1v) is 44.5. The van der Waals surface area contributed by atoms with Crippen molar-refractivity contribution in [3.8, 4) is 28.7 Å². The minimum Gasteiger partial charge on any atom is -0.496 e. The number of carbonyl (C=O) groups excluding carboxylic acids is 1. The lowest BCUT2D eigenvalue weighted by Crippen LogP contribution is -2.27. The van der Waals surface area contributed by atoms with Gasteiger partial charge in [-0.3, -0.25) is 5.32 Å². The van der Waals surface area contributed by atoms with Crippen LogP contribution in [0, 0.1) is 17.9 Å². The van der Waals surface area contributed by atoms with Crippen molar-refractivity contribution in [3.05, 3.63) is 333 Å². The number of carbonyl (C=O) groups is 1. The van der Waals surface area contributed by atoms with Gasteiger partial charge in [0.05, 0.1) is 129 Å². The number of anilines is 1. The normalized spacial score (nSPS) is 11.7. The van der Waals surface area contributed by atoms with Crippen LogP contribution in [0.25, 0.3) is 16.0 Å². The highest BCUT2D eigenvalue weighted by Gasteiger charge is 2.33. The van der Waals surface area contributed by atoms with Gasteiger partial charge in [-0.15, -0.1) is 0 Å². The van der Waals surface area contributed by atoms with Crippen molar-refractivity contribution < 1.29 is 78.9 Å². The lowest BCUT2D eigenvalue weighted by molar-refractivity contribution is -0.139. The number of alkyl halides is 5. The molecule has 0 unspecified atom stereocenters. The van der Waals surface area contributed by atoms with Gasteiger partial charge < -0.3 is 52.1 Å². The maximum Gasteiger partial charge on any atom is 0.416 e. The molecule has 0 saturated heterocycles. The largest absolute Gasteiger partial charge is 0.496 e. The number of ether oxygens (including phenoxy) is 11. The molecule has 0 fully saturated rings. The van der Waals surface area contributed by atoms with Crippen LogP contribution in [0.4, 0.5) is 38.1 Å². The molecule has 0 saturated carbocycles. The van der Waals surface area contributed by atoms with E-state index in [2.05, 4.69) is 166 Å². The lowest BCUT2D eigenvalue weighted by Gasteiger charge is -2.21. The molecule has 10 aromatic rings. The monoisotopic (exact) mass is 1820 g/mol. The fraction of sp³-hybridized carbons (Fsp3) is 0.438. The number of hydrogen-bond donors (Lipinski definition) is 1. The summed E-state index contributed by atoms with van der Waals surface area (Å²) in [5.41, 5.74) is 12.1. The molecule has 0 radical (unpaired) electrons. The van der Waals surface area contributed by atoms with Crippen molar-refractivity contribution in [2.75, 3.05) is 12.4 Å². The molecule has 0 atom stereocenters. The summed E-state index contributed by atoms with van der Waals surface area (Å²) in [6, 6.07) is 82.8. The smallest absolute Gasteiger partial charge is 0.416 e. The van der Waals surface area contributed by atoms with E-state index in [0.29, 0.717) is 62.1 Å². The van der Waals surface area contributed by atoms with E-state index < -0.39 is 35.6 Å². The predicted molar refractivity (Wildman–Crippen MR) is 526 cm³/mol. The van der Waals surface area contributed by atoms with Crippen LogP contribution >= 0.6 is 0 Å². The van der Waals surface area contributed by atoms with Crippen molar-refractivity contribution in [2.24, 2.45) is 0 Å². The van der Waals surface area contributed by atoms with Crippen LogP contribution in [0.15, 0.2) is 255 Å². The number of nitriles is 1. The predicted octanol–water partition coefficient (Wildman–Crippen LogP) is 30.9. The molecule has 0 aromatic heterocycles. The number of benzene rings is 10. The quantitative estimate of drug-likeness (QED) is 0.0450. The Hall–Kier alpha value is -10.6. The number of rotatable bonds is 24. The van der Waals surface area contributed by atoms with Crippen LogP contribution in [0.3, 0.4) is 0 Å². The summed E-state index contributed by atoms with van der Waals surface area (Å²) >= 11 is 0. The van der Waals surface area contributed by atoms with E-state index in [1.54, 1.807) is 43.5 Å². The molecule has 10 rings (SSSR count). The Balaban J connectivity index is 0.000000390. The van der Waals surface area contributed by atoms with Gasteiger partial charge in [-0.25, -0.2) is 9.64 Å². The molecule has 15 nitrogen and oxygen atoms in total. The summed E-state index contributed by atoms with van der Waals surface area (Å²) in [7, 11) is 1.68. The molecule has 0 spiro atoms. The summed E-state index contributed by atoms with van der Waals surface area (Å²) in [5, 5.41) is 11.6. The number of nitrogens with zero attached hydrogens (tertiary/aromatic N) is 2. The summed E-state index contributed by atoms with van der Waals surface area (Å²) in [6.07, 6.45) is -2.63. The molecule has 20 heteroatoms. The molecule has 1 N–H and O–H groups in total. The Bertz CT molecular complexity index is 5020. The van der Waals surface area contributed by atoms with E-state index in [1.807, 2.05) is 236 Å². The van der Waals surface area contributed by atoms with Gasteiger partial charge in [0.25, 0.3) is 0 Å². The molecule has 0 aliphatic heterocycles. The van der Waals surface area contributed by atoms with E-state index >= 15 is 0 Å². The standard InChI is InChI=1S/C19H24O.C17H20O.C16H25NO3.C12H15F3O.C12H16F2O2.2C12H15NO.C12H18O2/c1-19(2,3)20-15-18-12-8-7-11-17(18)14-13-16-9-5-4-6-10-16;1-17(2,3)18-13-15-11-7-8-12-16(15)14-9-5-4-6-10-14;1-15(2,3)19-11-12-8-7-9-13(10-12)17-14(18)20-16(4,5)6;1-11(2,3)16-8-9-6-4-5-7-10(9)12(13,14)15;1-12(2,3)15-8-9-6-4-5-7-10(9)16-11(13)14;1-12(2,3)14-9-10-6-5-7-11(8-10)13-4;1-12(2,3)14-9-11-7-5-4-6-10(11)8-13;1-12(2,3)14-9-10-7-5-6-8-11(10)13-4/h4-12H,13-15H2,1-3H3;4-12H,13H2,1-3H3;7-10H,11H2,1-6H3,(H,17,18);4-7H,8H2,1-3H3;4-7,11H,8H2,1-3H3;5-8H,9H2,1-3H3;4-7H,9H2,1-3H3;5-8H,9H2,1-4H3. The van der Waals surface area contributed by atoms with Crippen LogP contribution in [0.5, 0.6) is 11.5 Å². The Kier molecular flexibility index (Phi) is 48.8. The van der Waals surface area contributed by atoms with Gasteiger partial charge in [-0.2, -0.15) is 27.2 Å². The fourth-order valence-corrected chi connectivity index (χ4v) is 11.0. The van der Waals surface area contributed by atoms with Crippen LogP contribution in [0.1, 0.15) is 254 Å². The number of halogens is 5. The van der Waals surface area contributed by atoms with Crippen molar-refractivity contribution >= 4 is 17.5 Å². The molecule has 1 amide bonds. The van der Waals surface area contributed by atoms with Crippen molar-refractivity contribution in [1.29, 1.82) is 5.26 Å². The number of methoxy groups -OCH3 is 1. The molecule has 0 heterocycles. The van der Waals surface area contributed by atoms with Crippen LogP contribution in [-0.4, -0.2) is 70.2 Å². The second kappa shape index (κ2) is 55.8. The first-order chi connectivity index (χ1) is 61.3. The first-order valence-electron chi connectivity index (χ1n) is 44.5. The SMILES string of the molecule is CC(C)(C)OCc1cccc(NC(=O)OC(C)(C)C)c1.CC(C)(C)OCc1ccccc1-c1ccccc1.CC(C)(C)OCc1ccccc1C#N.CC(C)(C)OCc1ccccc1C(F)(F)F.CC(C)(C)OCc1ccccc1CCc1ccccc1.CC(C)(C)OCc1ccccc1OC(F)F.COc1ccccc1COC(C)(C)C.[C-]#[N+]c1cccc(COC(C)(C)C)c1. The Morgan fingerprint density at radius 1 is 0.356 bits per heavy atom. The minimum absolute atomic E-state index is 0.0286. The molecular weight excluding hydrogens is 1670 g/mol. The topological polar surface area (TPSA) is 159 Å². The molecule has 132 heavy (non-hydrogen) atoms. The second-order valence-electron chi connectivity index (χ2n) is 39.8. The minimum atomic E-state index is -4.32. The summed E-state index contributed by atoms with van der Waals surface area (Å²) in [6.45, 7) is 61.2. The van der Waals surface area contributed by atoms with E-state index in [1.165, 1.54) is 51.6 Å². The number of hydrogen-bond acceptors (Lipinski definition) is 13. The van der Waals surface area contributed by atoms with Gasteiger partial charge in [0, 0.05) is 16.8 Å². The molecule has 0 aliphatic rings. The van der Waals surface area contributed by atoms with Gasteiger partial charge in [0.15, 0.2) is 5.69 Å². The third-order valence-corrected chi connectivity index (χ3v) is 17.5. The molecular formula is C112H148F5N3O12. The number of amides is 1. The van der Waals surface area contributed by atoms with Crippen LogP contribution in [-0.2, 0) is 115 Å². The second-order valence-corrected chi connectivity index (χ2v) is 39.8. The summed E-state index contributed by atoms with van der Waals surface area (Å²) in [5.74, 6) is 1.05. The average Bonchev–Trinajstić information content (AvgIpc) is 0.828. The number of nitrogens with one attached hydrogen (secondary N) is 1. The Morgan fingerprint density at radius 2 is 0.705 bits per heavy atom. The van der Waals surface area contributed by atoms with E-state index in [4.69, 9.17) is 59.2 Å². The third-order valence-electron chi connectivity index (χ3n) is 17.5. The highest BCUT2D eigenvalue weighted by molar-refractivity contribution is 5.85. The summed E-state index contributed by atoms with van der Waals surface area (Å²) in [4.78, 5) is 15.1. The first kappa shape index (κ1) is 116. The molecule has 0 bridgehead atoms. The Labute approximate surface area is 787 Å². The summed E-state index contributed by atoms with van der Waals surface area (Å²) < 4.78 is 122. The van der Waals surface area contributed by atoms with Gasteiger partial charge in [0.2, 0.25) is 0 Å². The van der Waals surface area contributed by atoms with Crippen LogP contribution in [0.2, 0.25) is 0 Å². The molecule has 718 valence electrons. The maximum atomic E-state index is 12.6. The third kappa shape index (κ3) is 55.7. The van der Waals surface area contributed by atoms with Gasteiger partial charge in [-0.05, 0) is 292 Å². The zero-order valence-electron chi connectivity index (χ0n) is 83.6. The van der Waals surface area contributed by atoms with Gasteiger partial charge in [-0.1, -0.05) is 218 Å². The van der Waals surface area contributed by atoms with Crippen molar-refractivity contribution in [1.82, 2.24) is 0 Å². The van der Waals surface area contributed by atoms with Crippen molar-refractivity contribution in [3.63, 3.8) is 0 Å². The number of para-hydroxylation sites is 2.